The van der Waals surface area contributed by atoms with Gasteiger partial charge in [0.15, 0.2) is 5.58 Å². The largest absolute Gasteiger partial charge is 0.419 e. The molecule has 1 aliphatic rings. The van der Waals surface area contributed by atoms with E-state index in [-0.39, 0.29) is 11.9 Å². The summed E-state index contributed by atoms with van der Waals surface area (Å²) in [7, 11) is 3.49. The summed E-state index contributed by atoms with van der Waals surface area (Å²) in [5.41, 5.74) is 2.80. The van der Waals surface area contributed by atoms with Crippen LogP contribution in [0.4, 0.5) is 11.4 Å². The maximum Gasteiger partial charge on any atom is 0.419 e. The second-order valence-electron chi connectivity index (χ2n) is 6.31. The second kappa shape index (κ2) is 5.80. The molecule has 1 N–H and O–H groups in total. The van der Waals surface area contributed by atoms with Crippen LogP contribution in [-0.4, -0.2) is 32.8 Å². The molecule has 1 amide bonds. The Bertz CT molecular complexity index is 999. The van der Waals surface area contributed by atoms with Crippen molar-refractivity contribution in [1.29, 1.82) is 0 Å². The highest BCUT2D eigenvalue weighted by atomic mass is 16.4. The van der Waals surface area contributed by atoms with Crippen molar-refractivity contribution in [3.8, 4) is 0 Å². The van der Waals surface area contributed by atoms with Gasteiger partial charge in [0.25, 0.3) is 0 Å². The van der Waals surface area contributed by atoms with E-state index in [1.165, 1.54) is 4.57 Å². The second-order valence-corrected chi connectivity index (χ2v) is 6.31. The number of piperidine rings is 1. The lowest BCUT2D eigenvalue weighted by Crippen LogP contribution is -2.47. The number of benzene rings is 1. The normalized spacial score (nSPS) is 18.1. The summed E-state index contributed by atoms with van der Waals surface area (Å²) in [5.74, 6) is -0.377. The first-order valence-corrected chi connectivity index (χ1v) is 8.19. The van der Waals surface area contributed by atoms with Crippen molar-refractivity contribution in [2.45, 2.75) is 18.9 Å². The third kappa shape index (κ3) is 2.69. The van der Waals surface area contributed by atoms with Gasteiger partial charge in [0.2, 0.25) is 5.91 Å². The van der Waals surface area contributed by atoms with Crippen molar-refractivity contribution < 1.29 is 9.21 Å². The van der Waals surface area contributed by atoms with E-state index in [1.807, 2.05) is 25.4 Å². The average molecular weight is 341 g/mol. The Morgan fingerprint density at radius 2 is 2.12 bits per heavy atom. The zero-order valence-corrected chi connectivity index (χ0v) is 14.1. The number of carbonyl (C=O) groups excluding carboxylic acids is 1. The molecule has 3 aromatic rings. The molecule has 1 fully saturated rings. The number of amides is 1. The standard InChI is InChI=1S/C17H19N5O3/c1-20-10-12(9-18-20)22-7-3-4-13(16(22)23)19-11-5-6-14-15(8-11)25-17(24)21(14)2/h5-6,8-10,13,19H,3-4,7H2,1-2H3. The zero-order chi connectivity index (χ0) is 17.6. The van der Waals surface area contributed by atoms with Crippen LogP contribution in [0.15, 0.2) is 39.8 Å². The van der Waals surface area contributed by atoms with Crippen LogP contribution < -0.4 is 16.0 Å². The summed E-state index contributed by atoms with van der Waals surface area (Å²) in [5, 5.41) is 7.41. The van der Waals surface area contributed by atoms with E-state index >= 15 is 0 Å². The molecule has 2 aromatic heterocycles. The number of aromatic nitrogens is 3. The molecule has 1 unspecified atom stereocenters. The quantitative estimate of drug-likeness (QED) is 0.780. The van der Waals surface area contributed by atoms with E-state index in [0.29, 0.717) is 12.1 Å². The van der Waals surface area contributed by atoms with Crippen molar-refractivity contribution in [1.82, 2.24) is 14.3 Å². The SMILES string of the molecule is Cn1cc(N2CCCC(Nc3ccc4c(c3)oc(=O)n4C)C2=O)cn1. The Balaban J connectivity index is 1.57. The van der Waals surface area contributed by atoms with Crippen molar-refractivity contribution >= 4 is 28.4 Å². The zero-order valence-electron chi connectivity index (χ0n) is 14.1. The number of fused-ring (bicyclic) bond motifs is 1. The van der Waals surface area contributed by atoms with Crippen LogP contribution in [0.5, 0.6) is 0 Å². The van der Waals surface area contributed by atoms with Gasteiger partial charge in [-0.05, 0) is 25.0 Å². The topological polar surface area (TPSA) is 85.3 Å². The third-order valence-electron chi connectivity index (χ3n) is 4.57. The summed E-state index contributed by atoms with van der Waals surface area (Å²) < 4.78 is 8.35. The molecule has 8 nitrogen and oxygen atoms in total. The molecule has 0 aliphatic carbocycles. The van der Waals surface area contributed by atoms with Gasteiger partial charge in [0.05, 0.1) is 17.4 Å². The molecule has 4 rings (SSSR count). The maximum absolute atomic E-state index is 12.8. The van der Waals surface area contributed by atoms with Crippen LogP contribution in [0.1, 0.15) is 12.8 Å². The van der Waals surface area contributed by atoms with E-state index in [4.69, 9.17) is 4.42 Å². The van der Waals surface area contributed by atoms with Crippen LogP contribution in [0.25, 0.3) is 11.1 Å². The molecule has 0 bridgehead atoms. The third-order valence-corrected chi connectivity index (χ3v) is 4.57. The van der Waals surface area contributed by atoms with Crippen LogP contribution in [0.2, 0.25) is 0 Å². The van der Waals surface area contributed by atoms with Crippen molar-refractivity contribution in [3.05, 3.63) is 41.1 Å². The molecular weight excluding hydrogens is 322 g/mol. The van der Waals surface area contributed by atoms with Gasteiger partial charge in [0, 0.05) is 38.6 Å². The number of oxazole rings is 1. The Labute approximate surface area is 143 Å². The molecule has 0 spiro atoms. The van der Waals surface area contributed by atoms with Crippen LogP contribution >= 0.6 is 0 Å². The Morgan fingerprint density at radius 3 is 2.88 bits per heavy atom. The summed E-state index contributed by atoms with van der Waals surface area (Å²) in [4.78, 5) is 26.2. The Hall–Kier alpha value is -3.03. The molecular formula is C17H19N5O3. The van der Waals surface area contributed by atoms with Gasteiger partial charge in [-0.15, -0.1) is 0 Å². The molecule has 1 aromatic carbocycles. The van der Waals surface area contributed by atoms with E-state index in [2.05, 4.69) is 10.4 Å². The lowest BCUT2D eigenvalue weighted by atomic mass is 10.0. The van der Waals surface area contributed by atoms with Crippen molar-refractivity contribution in [3.63, 3.8) is 0 Å². The highest BCUT2D eigenvalue weighted by Gasteiger charge is 2.30. The molecule has 130 valence electrons. The fraction of sp³-hybridized carbons (Fsp3) is 0.353. The van der Waals surface area contributed by atoms with Gasteiger partial charge in [-0.3, -0.25) is 14.0 Å². The van der Waals surface area contributed by atoms with Crippen molar-refractivity contribution in [2.75, 3.05) is 16.8 Å². The molecule has 3 heterocycles. The molecule has 25 heavy (non-hydrogen) atoms. The predicted octanol–water partition coefficient (Wildman–Crippen LogP) is 1.47. The fourth-order valence-corrected chi connectivity index (χ4v) is 3.24. The maximum atomic E-state index is 12.8. The highest BCUT2D eigenvalue weighted by molar-refractivity contribution is 5.99. The minimum absolute atomic E-state index is 0.0221. The first-order valence-electron chi connectivity index (χ1n) is 8.19. The van der Waals surface area contributed by atoms with Gasteiger partial charge in [-0.25, -0.2) is 4.79 Å². The number of nitrogens with zero attached hydrogens (tertiary/aromatic N) is 4. The Kier molecular flexibility index (Phi) is 3.60. The molecule has 8 heteroatoms. The predicted molar refractivity (Wildman–Crippen MR) is 93.7 cm³/mol. The first kappa shape index (κ1) is 15.5. The van der Waals surface area contributed by atoms with Gasteiger partial charge < -0.3 is 14.6 Å². The minimum Gasteiger partial charge on any atom is -0.408 e. The number of aryl methyl sites for hydroxylation is 2. The van der Waals surface area contributed by atoms with E-state index in [0.717, 1.165) is 29.7 Å². The number of nitrogens with one attached hydrogen (secondary N) is 1. The van der Waals surface area contributed by atoms with Crippen LogP contribution in [0, 0.1) is 0 Å². The summed E-state index contributed by atoms with van der Waals surface area (Å²) in [6.45, 7) is 0.690. The van der Waals surface area contributed by atoms with Crippen molar-refractivity contribution in [2.24, 2.45) is 14.1 Å². The average Bonchev–Trinajstić information content (AvgIpc) is 3.13. The van der Waals surface area contributed by atoms with E-state index in [9.17, 15) is 9.59 Å². The molecule has 1 atom stereocenters. The molecule has 1 saturated heterocycles. The van der Waals surface area contributed by atoms with E-state index in [1.54, 1.807) is 28.9 Å². The molecule has 0 saturated carbocycles. The summed E-state index contributed by atoms with van der Waals surface area (Å²) in [6.07, 6.45) is 5.20. The molecule has 1 aliphatic heterocycles. The Morgan fingerprint density at radius 1 is 1.28 bits per heavy atom. The van der Waals surface area contributed by atoms with E-state index < -0.39 is 5.76 Å². The van der Waals surface area contributed by atoms with Gasteiger partial charge in [-0.1, -0.05) is 0 Å². The first-order chi connectivity index (χ1) is 12.0. The minimum atomic E-state index is -0.399. The van der Waals surface area contributed by atoms with Gasteiger partial charge in [-0.2, -0.15) is 5.10 Å². The lowest BCUT2D eigenvalue weighted by molar-refractivity contribution is -0.120. The number of hydrogen-bond donors (Lipinski definition) is 1. The van der Waals surface area contributed by atoms with Gasteiger partial charge in [0.1, 0.15) is 6.04 Å². The fourth-order valence-electron chi connectivity index (χ4n) is 3.24. The monoisotopic (exact) mass is 341 g/mol. The highest BCUT2D eigenvalue weighted by Crippen LogP contribution is 2.24. The molecule has 0 radical (unpaired) electrons. The smallest absolute Gasteiger partial charge is 0.408 e. The van der Waals surface area contributed by atoms with Gasteiger partial charge >= 0.3 is 5.76 Å². The summed E-state index contributed by atoms with van der Waals surface area (Å²) in [6, 6.07) is 5.11. The van der Waals surface area contributed by atoms with Crippen LogP contribution in [-0.2, 0) is 18.9 Å². The summed E-state index contributed by atoms with van der Waals surface area (Å²) >= 11 is 0. The number of anilines is 2. The number of rotatable bonds is 3. The van der Waals surface area contributed by atoms with Crippen LogP contribution in [0.3, 0.4) is 0 Å². The number of hydrogen-bond acceptors (Lipinski definition) is 5. The lowest BCUT2D eigenvalue weighted by Gasteiger charge is -2.32. The number of carbonyl (C=O) groups is 1.